The minimum Gasteiger partial charge on any atom is -0.444 e. The molecule has 4 rings (SSSR count). The molecule has 0 spiro atoms. The number of para-hydroxylation sites is 1. The van der Waals surface area contributed by atoms with Crippen LogP contribution in [0.5, 0.6) is 0 Å². The Balaban J connectivity index is 1.63. The van der Waals surface area contributed by atoms with E-state index in [9.17, 15) is 14.4 Å². The summed E-state index contributed by atoms with van der Waals surface area (Å²) in [6.07, 6.45) is 5.07. The number of hydrogen-bond donors (Lipinski definition) is 2. The summed E-state index contributed by atoms with van der Waals surface area (Å²) < 4.78 is 5.42. The van der Waals surface area contributed by atoms with E-state index in [2.05, 4.69) is 10.6 Å². The van der Waals surface area contributed by atoms with E-state index in [-0.39, 0.29) is 18.2 Å². The number of ether oxygens (including phenoxy) is 1. The number of nitrogens with one attached hydrogen (secondary N) is 2. The number of benzene rings is 2. The van der Waals surface area contributed by atoms with Gasteiger partial charge in [-0.25, -0.2) is 4.79 Å². The Bertz CT molecular complexity index is 1200. The van der Waals surface area contributed by atoms with Gasteiger partial charge in [-0.3, -0.25) is 14.6 Å². The van der Waals surface area contributed by atoms with Gasteiger partial charge in [-0.05, 0) is 45.2 Å². The Labute approximate surface area is 231 Å². The summed E-state index contributed by atoms with van der Waals surface area (Å²) in [5.74, 6) is -0.603. The number of likely N-dealkylation sites (N-methyl/N-ethyl adjacent to an activating group) is 1. The van der Waals surface area contributed by atoms with Gasteiger partial charge in [0.25, 0.3) is 5.91 Å². The Morgan fingerprint density at radius 2 is 1.64 bits per heavy atom. The zero-order valence-corrected chi connectivity index (χ0v) is 23.4. The zero-order chi connectivity index (χ0) is 28.0. The van der Waals surface area contributed by atoms with Crippen LogP contribution in [0.15, 0.2) is 59.6 Å². The van der Waals surface area contributed by atoms with Crippen LogP contribution in [0.3, 0.4) is 0 Å². The van der Waals surface area contributed by atoms with E-state index in [1.165, 1.54) is 12.8 Å². The van der Waals surface area contributed by atoms with Gasteiger partial charge in [0.2, 0.25) is 12.1 Å². The molecule has 1 heterocycles. The second-order valence-corrected chi connectivity index (χ2v) is 11.4. The Hall–Kier alpha value is -3.68. The fraction of sp³-hybridized carbons (Fsp3) is 0.484. The second kappa shape index (κ2) is 12.5. The van der Waals surface area contributed by atoms with E-state index >= 15 is 0 Å². The lowest BCUT2D eigenvalue weighted by Gasteiger charge is -2.25. The Kier molecular flexibility index (Phi) is 9.04. The van der Waals surface area contributed by atoms with Gasteiger partial charge in [0.15, 0.2) is 0 Å². The molecule has 208 valence electrons. The summed E-state index contributed by atoms with van der Waals surface area (Å²) in [7, 11) is 1.71. The van der Waals surface area contributed by atoms with Gasteiger partial charge in [0, 0.05) is 24.9 Å². The molecule has 0 radical (unpaired) electrons. The van der Waals surface area contributed by atoms with Crippen molar-refractivity contribution in [1.82, 2.24) is 10.6 Å². The number of hydrogen-bond acceptors (Lipinski definition) is 5. The van der Waals surface area contributed by atoms with Crippen molar-refractivity contribution in [2.24, 2.45) is 10.9 Å². The summed E-state index contributed by atoms with van der Waals surface area (Å²) in [5, 5.41) is 5.57. The molecule has 1 saturated carbocycles. The standard InChI is InChI=1S/C31H40N4O4/c1-31(2,3)39-30(38)32-24(20-21-14-8-7-9-15-21)28(36)34-27-29(37)35(4)25-19-13-12-18-23(25)26(33-27)22-16-10-5-6-11-17-22/h7-9,12-15,18-19,22,24,27H,5-6,10-11,16-17,20H2,1-4H3,(H,32,38)(H,34,36)/t24-,27?/m1/s1. The van der Waals surface area contributed by atoms with E-state index in [0.717, 1.165) is 48.2 Å². The third kappa shape index (κ3) is 7.46. The molecule has 1 aliphatic carbocycles. The molecule has 3 amide bonds. The van der Waals surface area contributed by atoms with E-state index < -0.39 is 29.8 Å². The number of nitrogens with zero attached hydrogens (tertiary/aromatic N) is 2. The molecule has 2 N–H and O–H groups in total. The minimum absolute atomic E-state index is 0.215. The number of carbonyl (C=O) groups is 3. The average molecular weight is 533 g/mol. The molecular weight excluding hydrogens is 492 g/mol. The maximum absolute atomic E-state index is 13.7. The molecule has 39 heavy (non-hydrogen) atoms. The molecule has 0 aromatic heterocycles. The van der Waals surface area contributed by atoms with Crippen molar-refractivity contribution in [2.45, 2.75) is 83.5 Å². The molecule has 0 saturated heterocycles. The average Bonchev–Trinajstić information content (AvgIpc) is 3.23. The van der Waals surface area contributed by atoms with Crippen molar-refractivity contribution in [2.75, 3.05) is 11.9 Å². The van der Waals surface area contributed by atoms with Crippen LogP contribution in [0.4, 0.5) is 10.5 Å². The first-order chi connectivity index (χ1) is 18.6. The van der Waals surface area contributed by atoms with E-state index in [1.54, 1.807) is 32.7 Å². The molecule has 2 aromatic carbocycles. The first-order valence-corrected chi connectivity index (χ1v) is 13.9. The van der Waals surface area contributed by atoms with Crippen LogP contribution in [-0.2, 0) is 20.7 Å². The first kappa shape index (κ1) is 28.3. The van der Waals surface area contributed by atoms with Gasteiger partial charge < -0.3 is 20.3 Å². The van der Waals surface area contributed by atoms with Gasteiger partial charge in [-0.15, -0.1) is 0 Å². The SMILES string of the molecule is CN1C(=O)C(NC(=O)[C@@H](Cc2ccccc2)NC(=O)OC(C)(C)C)N=C(C2CCCCCC2)c2ccccc21. The smallest absolute Gasteiger partial charge is 0.408 e. The summed E-state index contributed by atoms with van der Waals surface area (Å²) in [4.78, 5) is 46.4. The van der Waals surface area contributed by atoms with Crippen LogP contribution in [0.1, 0.15) is 70.4 Å². The van der Waals surface area contributed by atoms with E-state index in [1.807, 2.05) is 54.6 Å². The highest BCUT2D eigenvalue weighted by Crippen LogP contribution is 2.32. The van der Waals surface area contributed by atoms with Crippen molar-refractivity contribution >= 4 is 29.3 Å². The fourth-order valence-electron chi connectivity index (χ4n) is 5.27. The van der Waals surface area contributed by atoms with Crippen LogP contribution in [0.25, 0.3) is 0 Å². The van der Waals surface area contributed by atoms with Crippen molar-refractivity contribution < 1.29 is 19.1 Å². The highest BCUT2D eigenvalue weighted by Gasteiger charge is 2.35. The largest absolute Gasteiger partial charge is 0.444 e. The molecule has 1 fully saturated rings. The van der Waals surface area contributed by atoms with Crippen molar-refractivity contribution in [1.29, 1.82) is 0 Å². The molecule has 2 atom stereocenters. The monoisotopic (exact) mass is 532 g/mol. The number of carbonyl (C=O) groups excluding carboxylic acids is 3. The molecule has 0 bridgehead atoms. The molecule has 8 nitrogen and oxygen atoms in total. The van der Waals surface area contributed by atoms with Crippen molar-refractivity contribution in [3.63, 3.8) is 0 Å². The van der Waals surface area contributed by atoms with Gasteiger partial charge in [-0.1, -0.05) is 74.2 Å². The van der Waals surface area contributed by atoms with E-state index in [0.29, 0.717) is 0 Å². The number of alkyl carbamates (subject to hydrolysis) is 1. The number of benzodiazepines with no additional fused rings is 1. The van der Waals surface area contributed by atoms with Crippen LogP contribution in [0, 0.1) is 5.92 Å². The summed E-state index contributed by atoms with van der Waals surface area (Å²) in [6, 6.07) is 16.3. The Morgan fingerprint density at radius 1 is 1.00 bits per heavy atom. The molecule has 1 unspecified atom stereocenters. The third-order valence-electron chi connectivity index (χ3n) is 7.18. The summed E-state index contributed by atoms with van der Waals surface area (Å²) in [5.41, 5.74) is 2.74. The number of rotatable bonds is 6. The van der Waals surface area contributed by atoms with Gasteiger partial charge in [0.05, 0.1) is 11.4 Å². The quantitative estimate of drug-likeness (QED) is 0.512. The van der Waals surface area contributed by atoms with Crippen LogP contribution < -0.4 is 15.5 Å². The lowest BCUT2D eigenvalue weighted by atomic mass is 9.89. The van der Waals surface area contributed by atoms with Crippen LogP contribution >= 0.6 is 0 Å². The third-order valence-corrected chi connectivity index (χ3v) is 7.18. The zero-order valence-electron chi connectivity index (χ0n) is 23.4. The summed E-state index contributed by atoms with van der Waals surface area (Å²) in [6.45, 7) is 5.29. The molecule has 2 aromatic rings. The van der Waals surface area contributed by atoms with Gasteiger partial charge >= 0.3 is 6.09 Å². The lowest BCUT2D eigenvalue weighted by Crippen LogP contribution is -2.54. The number of amides is 3. The van der Waals surface area contributed by atoms with E-state index in [4.69, 9.17) is 9.73 Å². The van der Waals surface area contributed by atoms with Crippen molar-refractivity contribution in [3.05, 3.63) is 65.7 Å². The molecule has 1 aliphatic heterocycles. The van der Waals surface area contributed by atoms with Crippen LogP contribution in [-0.4, -0.2) is 48.5 Å². The Morgan fingerprint density at radius 3 is 2.31 bits per heavy atom. The predicted molar refractivity (Wildman–Crippen MR) is 153 cm³/mol. The maximum Gasteiger partial charge on any atom is 0.408 e. The number of anilines is 1. The second-order valence-electron chi connectivity index (χ2n) is 11.4. The van der Waals surface area contributed by atoms with Gasteiger partial charge in [0.1, 0.15) is 11.6 Å². The minimum atomic E-state index is -1.10. The predicted octanol–water partition coefficient (Wildman–Crippen LogP) is 5.00. The summed E-state index contributed by atoms with van der Waals surface area (Å²) >= 11 is 0. The lowest BCUT2D eigenvalue weighted by molar-refractivity contribution is -0.128. The van der Waals surface area contributed by atoms with Crippen LogP contribution in [0.2, 0.25) is 0 Å². The molecule has 8 heteroatoms. The first-order valence-electron chi connectivity index (χ1n) is 13.9. The van der Waals surface area contributed by atoms with Gasteiger partial charge in [-0.2, -0.15) is 0 Å². The van der Waals surface area contributed by atoms with Crippen molar-refractivity contribution in [3.8, 4) is 0 Å². The number of fused-ring (bicyclic) bond motifs is 1. The topological polar surface area (TPSA) is 100 Å². The number of aliphatic imine (C=N–C) groups is 1. The highest BCUT2D eigenvalue weighted by atomic mass is 16.6. The molecule has 2 aliphatic rings. The maximum atomic E-state index is 13.7. The molecular formula is C31H40N4O4. The fourth-order valence-corrected chi connectivity index (χ4v) is 5.27. The highest BCUT2D eigenvalue weighted by molar-refractivity contribution is 6.14. The normalized spacial score (nSPS) is 19.2.